The highest BCUT2D eigenvalue weighted by molar-refractivity contribution is 7.57. The molecule has 1 aliphatic rings. The molecular formula is C8H15P. The molecule has 0 bridgehead atoms. The molecule has 1 rings (SSSR count). The largest absolute Gasteiger partial charge is 0.103 e. The fourth-order valence-corrected chi connectivity index (χ4v) is 3.29. The maximum absolute atomic E-state index is 2.40. The van der Waals surface area contributed by atoms with E-state index in [1.165, 1.54) is 24.9 Å². The minimum absolute atomic E-state index is 0.423. The van der Waals surface area contributed by atoms with Gasteiger partial charge in [-0.2, -0.15) is 0 Å². The Morgan fingerprint density at radius 1 is 1.67 bits per heavy atom. The fourth-order valence-electron chi connectivity index (χ4n) is 1.26. The molecule has 0 aromatic heterocycles. The van der Waals surface area contributed by atoms with Crippen molar-refractivity contribution in [1.82, 2.24) is 0 Å². The van der Waals surface area contributed by atoms with Crippen LogP contribution in [-0.2, 0) is 0 Å². The van der Waals surface area contributed by atoms with Crippen LogP contribution in [0.15, 0.2) is 11.6 Å². The Morgan fingerprint density at radius 3 is 2.89 bits per heavy atom. The van der Waals surface area contributed by atoms with Crippen molar-refractivity contribution < 1.29 is 0 Å². The van der Waals surface area contributed by atoms with Gasteiger partial charge >= 0.3 is 0 Å². The first-order valence-corrected chi connectivity index (χ1v) is 5.60. The lowest BCUT2D eigenvalue weighted by Gasteiger charge is -2.19. The molecular weight excluding hydrogens is 127 g/mol. The van der Waals surface area contributed by atoms with Gasteiger partial charge < -0.3 is 0 Å². The molecule has 0 spiro atoms. The van der Waals surface area contributed by atoms with Crippen LogP contribution in [0.2, 0.25) is 0 Å². The van der Waals surface area contributed by atoms with Crippen molar-refractivity contribution in [2.75, 3.05) is 18.5 Å². The Hall–Kier alpha value is 0.170. The summed E-state index contributed by atoms with van der Waals surface area (Å²) < 4.78 is 0. The highest BCUT2D eigenvalue weighted by Gasteiger charge is 2.08. The van der Waals surface area contributed by atoms with Crippen LogP contribution in [0, 0.1) is 0 Å². The Labute approximate surface area is 59.1 Å². The van der Waals surface area contributed by atoms with Crippen LogP contribution in [0.25, 0.3) is 0 Å². The van der Waals surface area contributed by atoms with Gasteiger partial charge in [0.25, 0.3) is 0 Å². The summed E-state index contributed by atoms with van der Waals surface area (Å²) in [7, 11) is 0.423. The zero-order chi connectivity index (χ0) is 6.69. The van der Waals surface area contributed by atoms with E-state index in [-0.39, 0.29) is 0 Å². The summed E-state index contributed by atoms with van der Waals surface area (Å²) in [5.41, 5.74) is 1.63. The SMILES string of the molecule is CCP1CCC=C(C)C1. The van der Waals surface area contributed by atoms with Crippen LogP contribution in [0.3, 0.4) is 0 Å². The van der Waals surface area contributed by atoms with Gasteiger partial charge in [-0.15, -0.1) is 7.92 Å². The van der Waals surface area contributed by atoms with E-state index in [1.807, 2.05) is 0 Å². The third-order valence-corrected chi connectivity index (χ3v) is 4.59. The molecule has 1 heterocycles. The Bertz CT molecular complexity index is 116. The fraction of sp³-hybridized carbons (Fsp3) is 0.750. The highest BCUT2D eigenvalue weighted by Crippen LogP contribution is 2.40. The zero-order valence-electron chi connectivity index (χ0n) is 6.35. The third-order valence-electron chi connectivity index (χ3n) is 1.86. The summed E-state index contributed by atoms with van der Waals surface area (Å²) in [4.78, 5) is 0. The van der Waals surface area contributed by atoms with Gasteiger partial charge in [0.05, 0.1) is 0 Å². The predicted molar refractivity (Wildman–Crippen MR) is 45.6 cm³/mol. The number of allylic oxidation sites excluding steroid dienone is 2. The summed E-state index contributed by atoms with van der Waals surface area (Å²) >= 11 is 0. The van der Waals surface area contributed by atoms with Gasteiger partial charge in [0, 0.05) is 0 Å². The molecule has 0 aromatic rings. The van der Waals surface area contributed by atoms with Crippen LogP contribution < -0.4 is 0 Å². The van der Waals surface area contributed by atoms with Crippen molar-refractivity contribution in [2.24, 2.45) is 0 Å². The molecule has 0 radical (unpaired) electrons. The molecule has 1 aliphatic heterocycles. The second kappa shape index (κ2) is 3.37. The lowest BCUT2D eigenvalue weighted by molar-refractivity contribution is 1.13. The van der Waals surface area contributed by atoms with Gasteiger partial charge in [-0.1, -0.05) is 18.6 Å². The quantitative estimate of drug-likeness (QED) is 0.390. The number of hydrogen-bond acceptors (Lipinski definition) is 0. The molecule has 0 N–H and O–H groups in total. The van der Waals surface area contributed by atoms with E-state index in [2.05, 4.69) is 19.9 Å². The molecule has 9 heavy (non-hydrogen) atoms. The van der Waals surface area contributed by atoms with Gasteiger partial charge in [0.1, 0.15) is 0 Å². The molecule has 0 aromatic carbocycles. The molecule has 0 fully saturated rings. The third kappa shape index (κ3) is 2.10. The Kier molecular flexibility index (Phi) is 2.72. The Balaban J connectivity index is 2.39. The molecule has 1 atom stereocenters. The first kappa shape index (κ1) is 7.28. The lowest BCUT2D eigenvalue weighted by Crippen LogP contribution is -1.99. The van der Waals surface area contributed by atoms with E-state index in [9.17, 15) is 0 Å². The molecule has 1 heteroatoms. The molecule has 0 saturated heterocycles. The van der Waals surface area contributed by atoms with E-state index in [4.69, 9.17) is 0 Å². The van der Waals surface area contributed by atoms with Gasteiger partial charge in [0.2, 0.25) is 0 Å². The van der Waals surface area contributed by atoms with Crippen molar-refractivity contribution in [3.8, 4) is 0 Å². The van der Waals surface area contributed by atoms with Gasteiger partial charge in [-0.25, -0.2) is 0 Å². The first-order chi connectivity index (χ1) is 4.33. The zero-order valence-corrected chi connectivity index (χ0v) is 7.25. The molecule has 52 valence electrons. The van der Waals surface area contributed by atoms with Crippen LogP contribution >= 0.6 is 7.92 Å². The first-order valence-electron chi connectivity index (χ1n) is 3.71. The monoisotopic (exact) mass is 142 g/mol. The van der Waals surface area contributed by atoms with Gasteiger partial charge in [0.15, 0.2) is 0 Å². The topological polar surface area (TPSA) is 0 Å². The molecule has 0 amide bonds. The summed E-state index contributed by atoms with van der Waals surface area (Å²) in [6, 6.07) is 0. The van der Waals surface area contributed by atoms with Crippen LogP contribution in [0.1, 0.15) is 20.3 Å². The standard InChI is InChI=1S/C8H15P/c1-3-9-6-4-5-8(2)7-9/h5H,3-4,6-7H2,1-2H3. The summed E-state index contributed by atoms with van der Waals surface area (Å²) in [5, 5.41) is 0. The average molecular weight is 142 g/mol. The van der Waals surface area contributed by atoms with Crippen LogP contribution in [0.4, 0.5) is 0 Å². The smallest absolute Gasteiger partial charge is 0.0117 e. The predicted octanol–water partition coefficient (Wildman–Crippen LogP) is 2.84. The molecule has 1 unspecified atom stereocenters. The lowest BCUT2D eigenvalue weighted by atomic mass is 10.3. The maximum Gasteiger partial charge on any atom is -0.0117 e. The second-order valence-corrected chi connectivity index (χ2v) is 5.45. The van der Waals surface area contributed by atoms with E-state index in [1.54, 1.807) is 5.57 Å². The van der Waals surface area contributed by atoms with Crippen molar-refractivity contribution in [2.45, 2.75) is 20.3 Å². The van der Waals surface area contributed by atoms with Crippen LogP contribution in [-0.4, -0.2) is 18.5 Å². The number of rotatable bonds is 1. The average Bonchev–Trinajstić information content (AvgIpc) is 1.88. The molecule has 0 aliphatic carbocycles. The summed E-state index contributed by atoms with van der Waals surface area (Å²) in [6.07, 6.45) is 8.09. The van der Waals surface area contributed by atoms with Crippen molar-refractivity contribution in [1.29, 1.82) is 0 Å². The Morgan fingerprint density at radius 2 is 2.44 bits per heavy atom. The van der Waals surface area contributed by atoms with Crippen molar-refractivity contribution in [3.63, 3.8) is 0 Å². The van der Waals surface area contributed by atoms with Crippen molar-refractivity contribution >= 4 is 7.92 Å². The van der Waals surface area contributed by atoms with E-state index in [0.717, 1.165) is 0 Å². The highest BCUT2D eigenvalue weighted by atomic mass is 31.1. The second-order valence-electron chi connectivity index (χ2n) is 2.71. The van der Waals surface area contributed by atoms with E-state index >= 15 is 0 Å². The molecule has 0 nitrogen and oxygen atoms in total. The number of hydrogen-bond donors (Lipinski definition) is 0. The van der Waals surface area contributed by atoms with Gasteiger partial charge in [-0.05, 0) is 31.8 Å². The molecule has 0 saturated carbocycles. The van der Waals surface area contributed by atoms with E-state index < -0.39 is 0 Å². The minimum atomic E-state index is 0.423. The van der Waals surface area contributed by atoms with Crippen molar-refractivity contribution in [3.05, 3.63) is 11.6 Å². The summed E-state index contributed by atoms with van der Waals surface area (Å²) in [5.74, 6) is 0. The maximum atomic E-state index is 2.40. The van der Waals surface area contributed by atoms with Gasteiger partial charge in [-0.3, -0.25) is 0 Å². The van der Waals surface area contributed by atoms with E-state index in [0.29, 0.717) is 7.92 Å². The van der Waals surface area contributed by atoms with Crippen LogP contribution in [0.5, 0.6) is 0 Å². The normalized spacial score (nSPS) is 27.8. The summed E-state index contributed by atoms with van der Waals surface area (Å²) in [6.45, 7) is 4.59. The minimum Gasteiger partial charge on any atom is -0.103 e.